The van der Waals surface area contributed by atoms with Crippen LogP contribution >= 0.6 is 23.2 Å². The molecule has 0 heterocycles. The van der Waals surface area contributed by atoms with E-state index in [2.05, 4.69) is 5.32 Å². The van der Waals surface area contributed by atoms with E-state index in [4.69, 9.17) is 28.3 Å². The lowest BCUT2D eigenvalue weighted by molar-refractivity contribution is -0.142. The lowest BCUT2D eigenvalue weighted by Gasteiger charge is -2.27. The molecule has 0 fully saturated rings. The van der Waals surface area contributed by atoms with Crippen LogP contribution < -0.4 is 5.32 Å². The van der Waals surface area contributed by atoms with Crippen molar-refractivity contribution < 1.29 is 14.7 Å². The molecule has 0 saturated carbocycles. The fourth-order valence-electron chi connectivity index (χ4n) is 1.50. The quantitative estimate of drug-likeness (QED) is 0.901. The Morgan fingerprint density at radius 3 is 2.21 bits per heavy atom. The van der Waals surface area contributed by atoms with Crippen molar-refractivity contribution in [2.45, 2.75) is 26.8 Å². The topological polar surface area (TPSA) is 66.4 Å². The summed E-state index contributed by atoms with van der Waals surface area (Å²) in [5.41, 5.74) is -0.331. The van der Waals surface area contributed by atoms with E-state index in [9.17, 15) is 9.59 Å². The summed E-state index contributed by atoms with van der Waals surface area (Å²) >= 11 is 11.6. The van der Waals surface area contributed by atoms with Crippen LogP contribution in [0, 0.1) is 5.41 Å². The van der Waals surface area contributed by atoms with Gasteiger partial charge in [0.1, 0.15) is 6.04 Å². The molecular weight excluding hydrogens is 289 g/mol. The van der Waals surface area contributed by atoms with Gasteiger partial charge in [-0.15, -0.1) is 0 Å². The molecule has 0 aliphatic heterocycles. The Morgan fingerprint density at radius 2 is 1.79 bits per heavy atom. The monoisotopic (exact) mass is 303 g/mol. The predicted octanol–water partition coefficient (Wildman–Crippen LogP) is 3.22. The van der Waals surface area contributed by atoms with Crippen LogP contribution in [0.15, 0.2) is 18.2 Å². The Labute approximate surface area is 121 Å². The van der Waals surface area contributed by atoms with Gasteiger partial charge in [-0.05, 0) is 23.6 Å². The van der Waals surface area contributed by atoms with E-state index in [1.807, 2.05) is 0 Å². The van der Waals surface area contributed by atoms with Crippen LogP contribution in [0.1, 0.15) is 31.1 Å². The van der Waals surface area contributed by atoms with E-state index in [1.54, 1.807) is 20.8 Å². The van der Waals surface area contributed by atoms with Crippen LogP contribution in [0.2, 0.25) is 10.0 Å². The highest BCUT2D eigenvalue weighted by Crippen LogP contribution is 2.24. The number of amides is 1. The Morgan fingerprint density at radius 1 is 1.21 bits per heavy atom. The second-order valence-corrected chi connectivity index (χ2v) is 6.05. The third-order valence-corrected chi connectivity index (χ3v) is 3.31. The number of hydrogen-bond donors (Lipinski definition) is 2. The zero-order chi connectivity index (χ0) is 14.8. The van der Waals surface area contributed by atoms with E-state index >= 15 is 0 Å². The molecular formula is C13H15Cl2NO3. The molecule has 0 saturated heterocycles. The first kappa shape index (κ1) is 15.8. The Hall–Kier alpha value is -1.26. The van der Waals surface area contributed by atoms with Crippen molar-refractivity contribution in [2.24, 2.45) is 5.41 Å². The van der Waals surface area contributed by atoms with Crippen molar-refractivity contribution in [3.63, 3.8) is 0 Å². The van der Waals surface area contributed by atoms with Gasteiger partial charge in [0.15, 0.2) is 0 Å². The standard InChI is InChI=1S/C13H15Cl2NO3/c1-13(2,3)10(12(18)19)16-11(17)7-4-5-8(14)9(15)6-7/h4-6,10H,1-3H3,(H,16,17)(H,18,19)/t10-/m0/s1. The highest BCUT2D eigenvalue weighted by atomic mass is 35.5. The maximum atomic E-state index is 12.0. The van der Waals surface area contributed by atoms with Crippen molar-refractivity contribution in [1.29, 1.82) is 0 Å². The summed E-state index contributed by atoms with van der Waals surface area (Å²) < 4.78 is 0. The number of rotatable bonds is 3. The van der Waals surface area contributed by atoms with Gasteiger partial charge in [-0.2, -0.15) is 0 Å². The van der Waals surface area contributed by atoms with Gasteiger partial charge in [0, 0.05) is 5.56 Å². The summed E-state index contributed by atoms with van der Waals surface area (Å²) in [5, 5.41) is 12.2. The van der Waals surface area contributed by atoms with Gasteiger partial charge < -0.3 is 10.4 Å². The van der Waals surface area contributed by atoms with Crippen LogP contribution in [0.25, 0.3) is 0 Å². The fraction of sp³-hybridized carbons (Fsp3) is 0.385. The van der Waals surface area contributed by atoms with Gasteiger partial charge in [-0.1, -0.05) is 44.0 Å². The van der Waals surface area contributed by atoms with Crippen molar-refractivity contribution in [3.05, 3.63) is 33.8 Å². The van der Waals surface area contributed by atoms with Gasteiger partial charge in [0.05, 0.1) is 10.0 Å². The molecule has 0 aliphatic carbocycles. The van der Waals surface area contributed by atoms with Gasteiger partial charge >= 0.3 is 5.97 Å². The first-order valence-electron chi connectivity index (χ1n) is 5.61. The highest BCUT2D eigenvalue weighted by molar-refractivity contribution is 6.42. The first-order chi connectivity index (χ1) is 8.62. The number of hydrogen-bond acceptors (Lipinski definition) is 2. The number of carbonyl (C=O) groups is 2. The summed E-state index contributed by atoms with van der Waals surface area (Å²) in [5.74, 6) is -1.58. The van der Waals surface area contributed by atoms with Gasteiger partial charge in [0.25, 0.3) is 5.91 Å². The number of halogens is 2. The molecule has 1 amide bonds. The molecule has 0 unspecified atom stereocenters. The number of benzene rings is 1. The zero-order valence-electron chi connectivity index (χ0n) is 10.8. The molecule has 1 atom stereocenters. The van der Waals surface area contributed by atoms with Crippen LogP contribution in [0.5, 0.6) is 0 Å². The Bertz CT molecular complexity index is 509. The van der Waals surface area contributed by atoms with E-state index in [0.29, 0.717) is 5.02 Å². The molecule has 104 valence electrons. The molecule has 0 bridgehead atoms. The third-order valence-electron chi connectivity index (χ3n) is 2.57. The summed E-state index contributed by atoms with van der Waals surface area (Å²) in [6.07, 6.45) is 0. The lowest BCUT2D eigenvalue weighted by atomic mass is 9.86. The molecule has 2 N–H and O–H groups in total. The lowest BCUT2D eigenvalue weighted by Crippen LogP contribution is -2.49. The van der Waals surface area contributed by atoms with E-state index in [1.165, 1.54) is 18.2 Å². The fourth-order valence-corrected chi connectivity index (χ4v) is 1.80. The minimum absolute atomic E-state index is 0.247. The first-order valence-corrected chi connectivity index (χ1v) is 6.37. The van der Waals surface area contributed by atoms with Crippen molar-refractivity contribution in [2.75, 3.05) is 0 Å². The minimum Gasteiger partial charge on any atom is -0.480 e. The van der Waals surface area contributed by atoms with Crippen molar-refractivity contribution in [1.82, 2.24) is 5.32 Å². The predicted molar refractivity (Wildman–Crippen MR) is 74.8 cm³/mol. The molecule has 4 nitrogen and oxygen atoms in total. The van der Waals surface area contributed by atoms with E-state index in [-0.39, 0.29) is 10.6 Å². The maximum absolute atomic E-state index is 12.0. The maximum Gasteiger partial charge on any atom is 0.326 e. The van der Waals surface area contributed by atoms with Crippen LogP contribution in [-0.4, -0.2) is 23.0 Å². The molecule has 19 heavy (non-hydrogen) atoms. The molecule has 0 aromatic heterocycles. The summed E-state index contributed by atoms with van der Waals surface area (Å²) in [7, 11) is 0. The average Bonchev–Trinajstić information content (AvgIpc) is 2.27. The summed E-state index contributed by atoms with van der Waals surface area (Å²) in [6, 6.07) is 3.40. The van der Waals surface area contributed by atoms with Crippen LogP contribution in [0.4, 0.5) is 0 Å². The minimum atomic E-state index is -1.08. The zero-order valence-corrected chi connectivity index (χ0v) is 12.3. The molecule has 1 aromatic rings. The molecule has 6 heteroatoms. The number of aliphatic carboxylic acids is 1. The number of carboxylic acid groups (broad SMARTS) is 1. The second-order valence-electron chi connectivity index (χ2n) is 5.24. The number of carboxylic acids is 1. The Balaban J connectivity index is 2.94. The van der Waals surface area contributed by atoms with E-state index < -0.39 is 23.3 Å². The second kappa shape index (κ2) is 5.80. The van der Waals surface area contributed by atoms with Gasteiger partial charge in [-0.3, -0.25) is 4.79 Å². The SMILES string of the molecule is CC(C)(C)[C@@H](NC(=O)c1ccc(Cl)c(Cl)c1)C(=O)O. The molecule has 1 rings (SSSR count). The average molecular weight is 304 g/mol. The highest BCUT2D eigenvalue weighted by Gasteiger charge is 2.32. The molecule has 0 spiro atoms. The molecule has 1 aromatic carbocycles. The summed E-state index contributed by atoms with van der Waals surface area (Å²) in [6.45, 7) is 5.21. The third kappa shape index (κ3) is 4.11. The largest absolute Gasteiger partial charge is 0.480 e. The van der Waals surface area contributed by atoms with Crippen LogP contribution in [0.3, 0.4) is 0 Å². The normalized spacial score (nSPS) is 12.9. The molecule has 0 aliphatic rings. The van der Waals surface area contributed by atoms with Gasteiger partial charge in [-0.25, -0.2) is 4.79 Å². The van der Waals surface area contributed by atoms with E-state index in [0.717, 1.165) is 0 Å². The van der Waals surface area contributed by atoms with Crippen LogP contribution in [-0.2, 0) is 4.79 Å². The number of nitrogens with one attached hydrogen (secondary N) is 1. The Kier molecular flexibility index (Phi) is 4.82. The van der Waals surface area contributed by atoms with Crippen molar-refractivity contribution in [3.8, 4) is 0 Å². The van der Waals surface area contributed by atoms with Crippen molar-refractivity contribution >= 4 is 35.1 Å². The smallest absolute Gasteiger partial charge is 0.326 e. The summed E-state index contributed by atoms with van der Waals surface area (Å²) in [4.78, 5) is 23.2. The number of carbonyl (C=O) groups excluding carboxylic acids is 1. The molecule has 0 radical (unpaired) electrons. The van der Waals surface area contributed by atoms with Gasteiger partial charge in [0.2, 0.25) is 0 Å².